The second-order valence-electron chi connectivity index (χ2n) is 3.14. The molecule has 0 radical (unpaired) electrons. The van der Waals surface area contributed by atoms with E-state index in [2.05, 4.69) is 17.2 Å². The highest BCUT2D eigenvalue weighted by Gasteiger charge is 2.06. The van der Waals surface area contributed by atoms with E-state index in [1.807, 2.05) is 0 Å². The summed E-state index contributed by atoms with van der Waals surface area (Å²) in [4.78, 5) is 4.16. The lowest BCUT2D eigenvalue weighted by Gasteiger charge is -2.01. The monoisotopic (exact) mass is 198 g/mol. The van der Waals surface area contributed by atoms with Gasteiger partial charge in [-0.1, -0.05) is 6.92 Å². The van der Waals surface area contributed by atoms with Gasteiger partial charge in [-0.05, 0) is 13.0 Å². The summed E-state index contributed by atoms with van der Waals surface area (Å²) in [6, 6.07) is 0. The van der Waals surface area contributed by atoms with Gasteiger partial charge < -0.3 is 14.5 Å². The summed E-state index contributed by atoms with van der Waals surface area (Å²) >= 11 is 0. The van der Waals surface area contributed by atoms with Crippen molar-refractivity contribution in [1.29, 1.82) is 0 Å². The van der Waals surface area contributed by atoms with Crippen LogP contribution in [0.5, 0.6) is 0 Å². The number of methoxy groups -OCH3 is 1. The number of aromatic nitrogens is 1. The van der Waals surface area contributed by atoms with Crippen LogP contribution in [0.3, 0.4) is 0 Å². The molecule has 0 aliphatic carbocycles. The van der Waals surface area contributed by atoms with Crippen LogP contribution in [0, 0.1) is 0 Å². The van der Waals surface area contributed by atoms with Crippen molar-refractivity contribution in [3.05, 3.63) is 17.8 Å². The standard InChI is InChI=1S/C10H18N2O2/c1-3-5-11-7-9-10(4-6-13-2)14-8-12-9/h8,11H,3-7H2,1-2H3. The zero-order valence-corrected chi connectivity index (χ0v) is 8.88. The van der Waals surface area contributed by atoms with Gasteiger partial charge in [-0.2, -0.15) is 0 Å². The Morgan fingerprint density at radius 3 is 3.14 bits per heavy atom. The highest BCUT2D eigenvalue weighted by Crippen LogP contribution is 2.07. The van der Waals surface area contributed by atoms with Crippen LogP contribution in [0.15, 0.2) is 10.8 Å². The summed E-state index contributed by atoms with van der Waals surface area (Å²) < 4.78 is 10.3. The normalized spacial score (nSPS) is 10.7. The van der Waals surface area contributed by atoms with E-state index < -0.39 is 0 Å². The fourth-order valence-corrected chi connectivity index (χ4v) is 1.22. The van der Waals surface area contributed by atoms with Gasteiger partial charge in [-0.25, -0.2) is 4.98 Å². The minimum absolute atomic E-state index is 0.677. The van der Waals surface area contributed by atoms with Gasteiger partial charge in [0.15, 0.2) is 6.39 Å². The summed E-state index contributed by atoms with van der Waals surface area (Å²) in [5.41, 5.74) is 0.996. The van der Waals surface area contributed by atoms with E-state index in [0.29, 0.717) is 6.61 Å². The van der Waals surface area contributed by atoms with Gasteiger partial charge in [0.05, 0.1) is 12.3 Å². The molecule has 1 rings (SSSR count). The van der Waals surface area contributed by atoms with Crippen molar-refractivity contribution in [2.45, 2.75) is 26.3 Å². The minimum Gasteiger partial charge on any atom is -0.448 e. The number of hydrogen-bond donors (Lipinski definition) is 1. The molecule has 14 heavy (non-hydrogen) atoms. The molecule has 0 bridgehead atoms. The number of oxazole rings is 1. The Morgan fingerprint density at radius 2 is 2.43 bits per heavy atom. The number of nitrogens with one attached hydrogen (secondary N) is 1. The molecule has 4 nitrogen and oxygen atoms in total. The van der Waals surface area contributed by atoms with E-state index in [1.54, 1.807) is 7.11 Å². The molecule has 0 aliphatic heterocycles. The lowest BCUT2D eigenvalue weighted by molar-refractivity contribution is 0.196. The minimum atomic E-state index is 0.677. The van der Waals surface area contributed by atoms with Gasteiger partial charge in [0.25, 0.3) is 0 Å². The second kappa shape index (κ2) is 6.56. The summed E-state index contributed by atoms with van der Waals surface area (Å²) in [6.45, 7) is 4.61. The summed E-state index contributed by atoms with van der Waals surface area (Å²) in [5.74, 6) is 0.926. The first-order chi connectivity index (χ1) is 6.88. The SMILES string of the molecule is CCCNCc1ncoc1CCOC. The van der Waals surface area contributed by atoms with Crippen LogP contribution in [0.4, 0.5) is 0 Å². The van der Waals surface area contributed by atoms with Crippen LogP contribution in [0.2, 0.25) is 0 Å². The Kier molecular flexibility index (Phi) is 5.25. The van der Waals surface area contributed by atoms with Crippen molar-refractivity contribution in [3.8, 4) is 0 Å². The van der Waals surface area contributed by atoms with Crippen molar-refractivity contribution in [2.75, 3.05) is 20.3 Å². The lowest BCUT2D eigenvalue weighted by atomic mass is 10.2. The molecule has 0 aliphatic rings. The fraction of sp³-hybridized carbons (Fsp3) is 0.700. The molecule has 0 atom stereocenters. The quantitative estimate of drug-likeness (QED) is 0.672. The van der Waals surface area contributed by atoms with E-state index in [0.717, 1.165) is 37.4 Å². The molecule has 1 aromatic rings. The Balaban J connectivity index is 2.37. The van der Waals surface area contributed by atoms with E-state index in [1.165, 1.54) is 6.39 Å². The molecule has 0 spiro atoms. The molecular weight excluding hydrogens is 180 g/mol. The van der Waals surface area contributed by atoms with Gasteiger partial charge >= 0.3 is 0 Å². The molecule has 0 saturated carbocycles. The zero-order valence-electron chi connectivity index (χ0n) is 8.88. The fourth-order valence-electron chi connectivity index (χ4n) is 1.22. The molecule has 0 fully saturated rings. The maximum atomic E-state index is 5.27. The molecule has 1 aromatic heterocycles. The van der Waals surface area contributed by atoms with E-state index in [9.17, 15) is 0 Å². The van der Waals surface area contributed by atoms with Crippen molar-refractivity contribution >= 4 is 0 Å². The van der Waals surface area contributed by atoms with Crippen LogP contribution in [0.1, 0.15) is 24.8 Å². The molecule has 0 saturated heterocycles. The Morgan fingerprint density at radius 1 is 1.57 bits per heavy atom. The molecule has 0 unspecified atom stereocenters. The Hall–Kier alpha value is -0.870. The van der Waals surface area contributed by atoms with E-state index >= 15 is 0 Å². The van der Waals surface area contributed by atoms with Gasteiger partial charge in [0.2, 0.25) is 0 Å². The van der Waals surface area contributed by atoms with Gasteiger partial charge in [0.1, 0.15) is 5.76 Å². The molecule has 80 valence electrons. The zero-order chi connectivity index (χ0) is 10.2. The summed E-state index contributed by atoms with van der Waals surface area (Å²) in [7, 11) is 1.69. The third-order valence-corrected chi connectivity index (χ3v) is 1.98. The lowest BCUT2D eigenvalue weighted by Crippen LogP contribution is -2.15. The largest absolute Gasteiger partial charge is 0.448 e. The van der Waals surface area contributed by atoms with Crippen molar-refractivity contribution in [3.63, 3.8) is 0 Å². The first-order valence-corrected chi connectivity index (χ1v) is 4.99. The maximum absolute atomic E-state index is 5.27. The number of nitrogens with zero attached hydrogens (tertiary/aromatic N) is 1. The molecule has 1 N–H and O–H groups in total. The van der Waals surface area contributed by atoms with Crippen LogP contribution in [-0.4, -0.2) is 25.2 Å². The predicted molar refractivity (Wildman–Crippen MR) is 54.1 cm³/mol. The first kappa shape index (κ1) is 11.2. The van der Waals surface area contributed by atoms with Crippen LogP contribution in [0.25, 0.3) is 0 Å². The molecule has 0 aromatic carbocycles. The Bertz CT molecular complexity index is 248. The number of hydrogen-bond acceptors (Lipinski definition) is 4. The highest BCUT2D eigenvalue weighted by molar-refractivity contribution is 5.07. The highest BCUT2D eigenvalue weighted by atomic mass is 16.5. The Labute approximate surface area is 84.7 Å². The van der Waals surface area contributed by atoms with Crippen molar-refractivity contribution in [1.82, 2.24) is 10.3 Å². The van der Waals surface area contributed by atoms with Crippen molar-refractivity contribution in [2.24, 2.45) is 0 Å². The molecule has 4 heteroatoms. The average molecular weight is 198 g/mol. The van der Waals surface area contributed by atoms with Crippen LogP contribution in [-0.2, 0) is 17.7 Å². The molecule has 1 heterocycles. The smallest absolute Gasteiger partial charge is 0.181 e. The first-order valence-electron chi connectivity index (χ1n) is 4.99. The molecular formula is C10H18N2O2. The van der Waals surface area contributed by atoms with Crippen molar-refractivity contribution < 1.29 is 9.15 Å². The summed E-state index contributed by atoms with van der Waals surface area (Å²) in [6.07, 6.45) is 3.42. The summed E-state index contributed by atoms with van der Waals surface area (Å²) in [5, 5.41) is 3.29. The van der Waals surface area contributed by atoms with E-state index in [-0.39, 0.29) is 0 Å². The van der Waals surface area contributed by atoms with Crippen LogP contribution < -0.4 is 5.32 Å². The predicted octanol–water partition coefficient (Wildman–Crippen LogP) is 1.36. The average Bonchev–Trinajstić information content (AvgIpc) is 2.63. The maximum Gasteiger partial charge on any atom is 0.181 e. The van der Waals surface area contributed by atoms with Gasteiger partial charge in [-0.15, -0.1) is 0 Å². The topological polar surface area (TPSA) is 47.3 Å². The van der Waals surface area contributed by atoms with Crippen LogP contribution >= 0.6 is 0 Å². The number of ether oxygens (including phenoxy) is 1. The van der Waals surface area contributed by atoms with Gasteiger partial charge in [0, 0.05) is 20.1 Å². The molecule has 0 amide bonds. The van der Waals surface area contributed by atoms with Gasteiger partial charge in [-0.3, -0.25) is 0 Å². The third-order valence-electron chi connectivity index (χ3n) is 1.98. The number of rotatable bonds is 7. The third kappa shape index (κ3) is 3.47. The second-order valence-corrected chi connectivity index (χ2v) is 3.14. The van der Waals surface area contributed by atoms with E-state index in [4.69, 9.17) is 9.15 Å².